The van der Waals surface area contributed by atoms with Gasteiger partial charge in [-0.15, -0.1) is 0 Å². The fourth-order valence-electron chi connectivity index (χ4n) is 2.34. The first-order chi connectivity index (χ1) is 8.84. The summed E-state index contributed by atoms with van der Waals surface area (Å²) < 4.78 is 26.3. The summed E-state index contributed by atoms with van der Waals surface area (Å²) in [4.78, 5) is 0. The van der Waals surface area contributed by atoms with Crippen molar-refractivity contribution in [2.45, 2.75) is 26.0 Å². The standard InChI is InChI=1S/C14H18N2O2S/c1-14(2)7-8-16(11-14)19(17,18)10-13-6-4-3-5-12(13)9-15/h3-6H,7-8,10-11H2,1-2H3. The van der Waals surface area contributed by atoms with Gasteiger partial charge in [0.2, 0.25) is 10.0 Å². The van der Waals surface area contributed by atoms with Crippen molar-refractivity contribution in [3.8, 4) is 6.07 Å². The number of hydrogen-bond donors (Lipinski definition) is 0. The predicted molar refractivity (Wildman–Crippen MR) is 73.8 cm³/mol. The summed E-state index contributed by atoms with van der Waals surface area (Å²) in [6.45, 7) is 5.28. The molecule has 1 aromatic rings. The molecule has 1 aromatic carbocycles. The second kappa shape index (κ2) is 4.95. The van der Waals surface area contributed by atoms with Crippen LogP contribution in [0.4, 0.5) is 0 Å². The fraction of sp³-hybridized carbons (Fsp3) is 0.500. The number of rotatable bonds is 3. The van der Waals surface area contributed by atoms with E-state index in [0.29, 0.717) is 24.2 Å². The number of hydrogen-bond acceptors (Lipinski definition) is 3. The molecule has 0 radical (unpaired) electrons. The normalized spacial score (nSPS) is 19.2. The van der Waals surface area contributed by atoms with Crippen molar-refractivity contribution in [1.82, 2.24) is 4.31 Å². The van der Waals surface area contributed by atoms with E-state index >= 15 is 0 Å². The summed E-state index contributed by atoms with van der Waals surface area (Å²) in [7, 11) is -3.33. The topological polar surface area (TPSA) is 61.2 Å². The van der Waals surface area contributed by atoms with E-state index in [9.17, 15) is 8.42 Å². The van der Waals surface area contributed by atoms with Crippen LogP contribution in [0, 0.1) is 16.7 Å². The average molecular weight is 278 g/mol. The Bertz CT molecular complexity index is 615. The first-order valence-electron chi connectivity index (χ1n) is 6.30. The van der Waals surface area contributed by atoms with Gasteiger partial charge in [0.05, 0.1) is 17.4 Å². The van der Waals surface area contributed by atoms with Crippen molar-refractivity contribution in [2.24, 2.45) is 5.41 Å². The zero-order valence-electron chi connectivity index (χ0n) is 11.3. The van der Waals surface area contributed by atoms with Crippen molar-refractivity contribution >= 4 is 10.0 Å². The van der Waals surface area contributed by atoms with Gasteiger partial charge in [0.15, 0.2) is 0 Å². The molecule has 0 bridgehead atoms. The van der Waals surface area contributed by atoms with Crippen molar-refractivity contribution in [3.63, 3.8) is 0 Å². The van der Waals surface area contributed by atoms with E-state index in [1.807, 2.05) is 6.07 Å². The zero-order valence-corrected chi connectivity index (χ0v) is 12.1. The molecule has 0 spiro atoms. The Morgan fingerprint density at radius 3 is 2.63 bits per heavy atom. The first kappa shape index (κ1) is 14.0. The predicted octanol–water partition coefficient (Wildman–Crippen LogP) is 2.12. The smallest absolute Gasteiger partial charge is 0.212 e. The molecule has 1 fully saturated rings. The molecular weight excluding hydrogens is 260 g/mol. The molecule has 4 nitrogen and oxygen atoms in total. The van der Waals surface area contributed by atoms with Crippen LogP contribution in [-0.2, 0) is 15.8 Å². The Kier molecular flexibility index (Phi) is 3.66. The quantitative estimate of drug-likeness (QED) is 0.851. The van der Waals surface area contributed by atoms with Gasteiger partial charge in [-0.2, -0.15) is 5.26 Å². The van der Waals surface area contributed by atoms with E-state index in [2.05, 4.69) is 13.8 Å². The van der Waals surface area contributed by atoms with E-state index in [-0.39, 0.29) is 11.2 Å². The third kappa shape index (κ3) is 3.14. The fourth-order valence-corrected chi connectivity index (χ4v) is 4.09. The highest BCUT2D eigenvalue weighted by molar-refractivity contribution is 7.88. The van der Waals surface area contributed by atoms with E-state index in [4.69, 9.17) is 5.26 Å². The molecule has 0 aliphatic carbocycles. The molecule has 102 valence electrons. The largest absolute Gasteiger partial charge is 0.218 e. The van der Waals surface area contributed by atoms with E-state index in [1.54, 1.807) is 28.6 Å². The Labute approximate surface area is 114 Å². The Balaban J connectivity index is 2.21. The minimum absolute atomic E-state index is 0.0435. The highest BCUT2D eigenvalue weighted by Crippen LogP contribution is 2.31. The summed E-state index contributed by atoms with van der Waals surface area (Å²) in [6.07, 6.45) is 0.881. The number of nitrogens with zero attached hydrogens (tertiary/aromatic N) is 2. The number of nitriles is 1. The van der Waals surface area contributed by atoms with Crippen molar-refractivity contribution in [2.75, 3.05) is 13.1 Å². The molecular formula is C14H18N2O2S. The molecule has 1 heterocycles. The van der Waals surface area contributed by atoms with Gasteiger partial charge in [-0.3, -0.25) is 0 Å². The van der Waals surface area contributed by atoms with Gasteiger partial charge >= 0.3 is 0 Å². The Morgan fingerprint density at radius 2 is 2.05 bits per heavy atom. The lowest BCUT2D eigenvalue weighted by Crippen LogP contribution is -2.31. The Morgan fingerprint density at radius 1 is 1.37 bits per heavy atom. The monoisotopic (exact) mass is 278 g/mol. The molecule has 2 rings (SSSR count). The average Bonchev–Trinajstić information content (AvgIpc) is 2.71. The minimum atomic E-state index is -3.33. The van der Waals surface area contributed by atoms with Crippen LogP contribution < -0.4 is 0 Å². The molecule has 0 amide bonds. The van der Waals surface area contributed by atoms with Crippen LogP contribution >= 0.6 is 0 Å². The molecule has 1 aliphatic heterocycles. The zero-order chi connectivity index (χ0) is 14.1. The first-order valence-corrected chi connectivity index (χ1v) is 7.91. The van der Waals surface area contributed by atoms with Gasteiger partial charge in [0, 0.05) is 13.1 Å². The molecule has 1 aliphatic rings. The molecule has 5 heteroatoms. The van der Waals surface area contributed by atoms with Crippen molar-refractivity contribution < 1.29 is 8.42 Å². The summed E-state index contributed by atoms with van der Waals surface area (Å²) in [6, 6.07) is 8.91. The van der Waals surface area contributed by atoms with Gasteiger partial charge in [-0.25, -0.2) is 12.7 Å². The molecule has 0 atom stereocenters. The van der Waals surface area contributed by atoms with E-state index < -0.39 is 10.0 Å². The van der Waals surface area contributed by atoms with Crippen LogP contribution in [0.5, 0.6) is 0 Å². The van der Waals surface area contributed by atoms with E-state index in [1.165, 1.54) is 0 Å². The lowest BCUT2D eigenvalue weighted by molar-refractivity contribution is 0.375. The maximum Gasteiger partial charge on any atom is 0.218 e. The van der Waals surface area contributed by atoms with Gasteiger partial charge in [-0.05, 0) is 23.5 Å². The Hall–Kier alpha value is -1.38. The second-order valence-electron chi connectivity index (χ2n) is 5.77. The van der Waals surface area contributed by atoms with Crippen LogP contribution in [0.15, 0.2) is 24.3 Å². The third-order valence-electron chi connectivity index (χ3n) is 3.51. The van der Waals surface area contributed by atoms with Gasteiger partial charge in [-0.1, -0.05) is 32.0 Å². The number of benzene rings is 1. The molecule has 0 saturated carbocycles. The third-order valence-corrected chi connectivity index (χ3v) is 5.29. The summed E-state index contributed by atoms with van der Waals surface area (Å²) in [5.41, 5.74) is 1.06. The molecule has 0 N–H and O–H groups in total. The minimum Gasteiger partial charge on any atom is -0.212 e. The lowest BCUT2D eigenvalue weighted by atomic mass is 9.93. The van der Waals surface area contributed by atoms with Crippen LogP contribution in [-0.4, -0.2) is 25.8 Å². The summed E-state index contributed by atoms with van der Waals surface area (Å²) in [5.74, 6) is -0.0905. The highest BCUT2D eigenvalue weighted by Gasteiger charge is 2.36. The summed E-state index contributed by atoms with van der Waals surface area (Å²) >= 11 is 0. The molecule has 19 heavy (non-hydrogen) atoms. The van der Waals surface area contributed by atoms with Gasteiger partial charge in [0.25, 0.3) is 0 Å². The summed E-state index contributed by atoms with van der Waals surface area (Å²) in [5, 5.41) is 9.01. The van der Waals surface area contributed by atoms with E-state index in [0.717, 1.165) is 6.42 Å². The van der Waals surface area contributed by atoms with Gasteiger partial charge < -0.3 is 0 Å². The number of sulfonamides is 1. The highest BCUT2D eigenvalue weighted by atomic mass is 32.2. The van der Waals surface area contributed by atoms with Crippen LogP contribution in [0.2, 0.25) is 0 Å². The lowest BCUT2D eigenvalue weighted by Gasteiger charge is -2.19. The van der Waals surface area contributed by atoms with Gasteiger partial charge in [0.1, 0.15) is 0 Å². The van der Waals surface area contributed by atoms with Crippen molar-refractivity contribution in [1.29, 1.82) is 5.26 Å². The van der Waals surface area contributed by atoms with Crippen molar-refractivity contribution in [3.05, 3.63) is 35.4 Å². The van der Waals surface area contributed by atoms with Crippen LogP contribution in [0.3, 0.4) is 0 Å². The molecule has 0 aromatic heterocycles. The maximum absolute atomic E-state index is 12.4. The molecule has 0 unspecified atom stereocenters. The SMILES string of the molecule is CC1(C)CCN(S(=O)(=O)Cc2ccccc2C#N)C1. The second-order valence-corrected chi connectivity index (χ2v) is 7.74. The maximum atomic E-state index is 12.4. The molecule has 1 saturated heterocycles. The van der Waals surface area contributed by atoms with Crippen LogP contribution in [0.1, 0.15) is 31.4 Å². The van der Waals surface area contributed by atoms with Crippen LogP contribution in [0.25, 0.3) is 0 Å².